The van der Waals surface area contributed by atoms with Gasteiger partial charge >= 0.3 is 0 Å². The molecule has 1 atom stereocenters. The van der Waals surface area contributed by atoms with Crippen LogP contribution in [0.5, 0.6) is 0 Å². The Balaban J connectivity index is 2.24. The lowest BCUT2D eigenvalue weighted by molar-refractivity contribution is 0.958. The number of aryl methyl sites for hydroxylation is 1. The van der Waals surface area contributed by atoms with Gasteiger partial charge in [0, 0.05) is 0 Å². The smallest absolute Gasteiger partial charge is 0.0702 e. The van der Waals surface area contributed by atoms with Gasteiger partial charge < -0.3 is 0 Å². The number of rotatable bonds is 1. The molecule has 0 N–H and O–H groups in total. The van der Waals surface area contributed by atoms with Crippen LogP contribution in [0, 0.1) is 20.8 Å². The SMILES string of the molecule is Cc1ccc(C2(Br)C=Cc3ccccc32)c(C)c1C. The van der Waals surface area contributed by atoms with Crippen molar-refractivity contribution in [1.82, 2.24) is 0 Å². The van der Waals surface area contributed by atoms with Gasteiger partial charge in [-0.25, -0.2) is 0 Å². The van der Waals surface area contributed by atoms with Gasteiger partial charge in [0.05, 0.1) is 4.32 Å². The van der Waals surface area contributed by atoms with E-state index in [0.29, 0.717) is 0 Å². The highest BCUT2D eigenvalue weighted by atomic mass is 79.9. The molecule has 0 saturated carbocycles. The van der Waals surface area contributed by atoms with Gasteiger partial charge in [-0.15, -0.1) is 0 Å². The Kier molecular flexibility index (Phi) is 2.90. The highest BCUT2D eigenvalue weighted by molar-refractivity contribution is 9.10. The molecule has 0 fully saturated rings. The number of benzene rings is 2. The zero-order chi connectivity index (χ0) is 13.6. The molecule has 0 spiro atoms. The van der Waals surface area contributed by atoms with Gasteiger partial charge in [-0.05, 0) is 54.2 Å². The lowest BCUT2D eigenvalue weighted by atomic mass is 9.87. The molecule has 0 aliphatic heterocycles. The summed E-state index contributed by atoms with van der Waals surface area (Å²) in [5, 5.41) is 0. The molecule has 1 unspecified atom stereocenters. The molecule has 0 bridgehead atoms. The minimum atomic E-state index is -0.174. The highest BCUT2D eigenvalue weighted by Crippen LogP contribution is 2.47. The summed E-state index contributed by atoms with van der Waals surface area (Å²) in [5.41, 5.74) is 8.09. The molecule has 0 nitrogen and oxygen atoms in total. The van der Waals surface area contributed by atoms with Gasteiger partial charge in [0.15, 0.2) is 0 Å². The quantitative estimate of drug-likeness (QED) is 0.629. The second-order valence-electron chi connectivity index (χ2n) is 5.31. The maximum absolute atomic E-state index is 3.98. The number of fused-ring (bicyclic) bond motifs is 1. The summed E-state index contributed by atoms with van der Waals surface area (Å²) in [5.74, 6) is 0. The van der Waals surface area contributed by atoms with E-state index in [9.17, 15) is 0 Å². The van der Waals surface area contributed by atoms with Gasteiger partial charge in [-0.2, -0.15) is 0 Å². The number of hydrogen-bond acceptors (Lipinski definition) is 0. The van der Waals surface area contributed by atoms with Crippen LogP contribution in [0.2, 0.25) is 0 Å². The number of alkyl halides is 1. The Labute approximate surface area is 123 Å². The van der Waals surface area contributed by atoms with E-state index in [1.165, 1.54) is 33.4 Å². The van der Waals surface area contributed by atoms with E-state index in [2.05, 4.69) is 85.3 Å². The van der Waals surface area contributed by atoms with E-state index in [1.54, 1.807) is 0 Å². The first-order valence-corrected chi connectivity index (χ1v) is 7.38. The minimum absolute atomic E-state index is 0.174. The van der Waals surface area contributed by atoms with Crippen molar-refractivity contribution >= 4 is 22.0 Å². The van der Waals surface area contributed by atoms with Crippen LogP contribution in [0.15, 0.2) is 42.5 Å². The van der Waals surface area contributed by atoms with E-state index in [1.807, 2.05) is 0 Å². The third kappa shape index (κ3) is 1.80. The minimum Gasteiger partial charge on any atom is -0.0702 e. The molecule has 0 saturated heterocycles. The van der Waals surface area contributed by atoms with E-state index in [0.717, 1.165) is 0 Å². The average molecular weight is 313 g/mol. The van der Waals surface area contributed by atoms with Crippen molar-refractivity contribution in [3.05, 3.63) is 75.9 Å². The Bertz CT molecular complexity index is 682. The first-order chi connectivity index (χ1) is 9.04. The van der Waals surface area contributed by atoms with Crippen molar-refractivity contribution < 1.29 is 0 Å². The Morgan fingerprint density at radius 3 is 2.37 bits per heavy atom. The van der Waals surface area contributed by atoms with Gasteiger partial charge in [0.25, 0.3) is 0 Å². The van der Waals surface area contributed by atoms with Crippen molar-refractivity contribution in [2.24, 2.45) is 0 Å². The molecular weight excluding hydrogens is 296 g/mol. The lowest BCUT2D eigenvalue weighted by Crippen LogP contribution is -2.17. The normalized spacial score (nSPS) is 20.6. The fraction of sp³-hybridized carbons (Fsp3) is 0.222. The monoisotopic (exact) mass is 312 g/mol. The zero-order valence-electron chi connectivity index (χ0n) is 11.5. The molecular formula is C18H17Br. The van der Waals surface area contributed by atoms with Crippen LogP contribution in [0.3, 0.4) is 0 Å². The van der Waals surface area contributed by atoms with Crippen LogP contribution in [-0.4, -0.2) is 0 Å². The number of halogens is 1. The van der Waals surface area contributed by atoms with Crippen LogP contribution in [0.25, 0.3) is 6.08 Å². The van der Waals surface area contributed by atoms with Crippen molar-refractivity contribution in [3.63, 3.8) is 0 Å². The summed E-state index contributed by atoms with van der Waals surface area (Å²) < 4.78 is -0.174. The largest absolute Gasteiger partial charge is 0.0947 e. The topological polar surface area (TPSA) is 0 Å². The molecule has 0 heterocycles. The number of hydrogen-bond donors (Lipinski definition) is 0. The summed E-state index contributed by atoms with van der Waals surface area (Å²) in [4.78, 5) is 0. The molecule has 1 aliphatic carbocycles. The Morgan fingerprint density at radius 2 is 1.58 bits per heavy atom. The standard InChI is InChI=1S/C18H17Br/c1-12-8-9-16(14(3)13(12)2)18(19)11-10-15-6-4-5-7-17(15)18/h4-11H,1-3H3. The predicted octanol–water partition coefficient (Wildman–Crippen LogP) is 5.28. The summed E-state index contributed by atoms with van der Waals surface area (Å²) >= 11 is 3.98. The van der Waals surface area contributed by atoms with Gasteiger partial charge in [-0.3, -0.25) is 0 Å². The zero-order valence-corrected chi connectivity index (χ0v) is 13.1. The molecule has 0 radical (unpaired) electrons. The maximum atomic E-state index is 3.98. The highest BCUT2D eigenvalue weighted by Gasteiger charge is 2.35. The van der Waals surface area contributed by atoms with E-state index < -0.39 is 0 Å². The summed E-state index contributed by atoms with van der Waals surface area (Å²) in [7, 11) is 0. The Hall–Kier alpha value is -1.34. The molecule has 19 heavy (non-hydrogen) atoms. The predicted molar refractivity (Wildman–Crippen MR) is 85.8 cm³/mol. The third-order valence-electron chi connectivity index (χ3n) is 4.30. The second kappa shape index (κ2) is 4.35. The van der Waals surface area contributed by atoms with Crippen molar-refractivity contribution in [2.45, 2.75) is 25.1 Å². The molecule has 1 heteroatoms. The van der Waals surface area contributed by atoms with Crippen LogP contribution in [0.1, 0.15) is 33.4 Å². The van der Waals surface area contributed by atoms with E-state index in [4.69, 9.17) is 0 Å². The second-order valence-corrected chi connectivity index (χ2v) is 6.56. The third-order valence-corrected chi connectivity index (χ3v) is 5.41. The van der Waals surface area contributed by atoms with Gasteiger partial charge in [0.1, 0.15) is 0 Å². The van der Waals surface area contributed by atoms with Gasteiger partial charge in [0.2, 0.25) is 0 Å². The number of allylic oxidation sites excluding steroid dienone is 1. The summed E-state index contributed by atoms with van der Waals surface area (Å²) in [6, 6.07) is 13.0. The van der Waals surface area contributed by atoms with Crippen LogP contribution in [0.4, 0.5) is 0 Å². The first kappa shape index (κ1) is 12.7. The van der Waals surface area contributed by atoms with Crippen molar-refractivity contribution in [2.75, 3.05) is 0 Å². The summed E-state index contributed by atoms with van der Waals surface area (Å²) in [6.45, 7) is 6.59. The fourth-order valence-electron chi connectivity index (χ4n) is 2.85. The lowest BCUT2D eigenvalue weighted by Gasteiger charge is -2.26. The first-order valence-electron chi connectivity index (χ1n) is 6.59. The molecule has 0 aromatic heterocycles. The fourth-order valence-corrected chi connectivity index (χ4v) is 3.78. The van der Waals surface area contributed by atoms with Gasteiger partial charge in [-0.1, -0.05) is 64.5 Å². The Morgan fingerprint density at radius 1 is 0.842 bits per heavy atom. The van der Waals surface area contributed by atoms with E-state index in [-0.39, 0.29) is 4.32 Å². The van der Waals surface area contributed by atoms with Crippen molar-refractivity contribution in [1.29, 1.82) is 0 Å². The molecule has 96 valence electrons. The summed E-state index contributed by atoms with van der Waals surface area (Å²) in [6.07, 6.45) is 4.47. The van der Waals surface area contributed by atoms with Crippen LogP contribution < -0.4 is 0 Å². The molecule has 1 aliphatic rings. The maximum Gasteiger partial charge on any atom is 0.0947 e. The molecule has 2 aromatic rings. The van der Waals surface area contributed by atoms with Crippen molar-refractivity contribution in [3.8, 4) is 0 Å². The molecule has 2 aromatic carbocycles. The average Bonchev–Trinajstić information content (AvgIpc) is 2.75. The van der Waals surface area contributed by atoms with Crippen LogP contribution >= 0.6 is 15.9 Å². The van der Waals surface area contributed by atoms with E-state index >= 15 is 0 Å². The van der Waals surface area contributed by atoms with Crippen LogP contribution in [-0.2, 0) is 4.32 Å². The molecule has 3 rings (SSSR count). The molecule has 0 amide bonds.